The van der Waals surface area contributed by atoms with E-state index in [1.54, 1.807) is 6.20 Å². The van der Waals surface area contributed by atoms with Crippen molar-refractivity contribution < 1.29 is 9.90 Å². The lowest BCUT2D eigenvalue weighted by molar-refractivity contribution is -0.131. The van der Waals surface area contributed by atoms with Gasteiger partial charge >= 0.3 is 0 Å². The maximum atomic E-state index is 12.3. The summed E-state index contributed by atoms with van der Waals surface area (Å²) in [7, 11) is 0. The normalized spacial score (nSPS) is 16.0. The number of aliphatic hydroxyl groups is 1. The Morgan fingerprint density at radius 2 is 2.00 bits per heavy atom. The highest BCUT2D eigenvalue weighted by molar-refractivity contribution is 5.78. The van der Waals surface area contributed by atoms with Gasteiger partial charge in [-0.2, -0.15) is 0 Å². The van der Waals surface area contributed by atoms with Crippen molar-refractivity contribution >= 4 is 12.0 Å². The second kappa shape index (κ2) is 7.88. The van der Waals surface area contributed by atoms with E-state index in [-0.39, 0.29) is 18.6 Å². The molecule has 1 saturated heterocycles. The molecule has 0 radical (unpaired) electrons. The van der Waals surface area contributed by atoms with Crippen molar-refractivity contribution in [1.29, 1.82) is 0 Å². The molecule has 6 heteroatoms. The Balaban J connectivity index is 1.47. The standard InChI is InChI=1S/C18H22N4O2/c23-14-16-13-22(20-19-16)17-9-11-21(12-10-17)18(24)8-4-7-15-5-2-1-3-6-15/h1-7,13,17,23H,8-12,14H2/b7-4+. The fourth-order valence-electron chi connectivity index (χ4n) is 2.93. The molecule has 1 N–H and O–H groups in total. The summed E-state index contributed by atoms with van der Waals surface area (Å²) in [6.45, 7) is 1.37. The van der Waals surface area contributed by atoms with Gasteiger partial charge in [-0.3, -0.25) is 4.79 Å². The SMILES string of the molecule is O=C(C/C=C/c1ccccc1)N1CCC(n2cc(CO)nn2)CC1. The van der Waals surface area contributed by atoms with Crippen LogP contribution in [0.4, 0.5) is 0 Å². The first-order valence-corrected chi connectivity index (χ1v) is 8.27. The van der Waals surface area contributed by atoms with Crippen molar-refractivity contribution in [3.8, 4) is 0 Å². The first-order chi connectivity index (χ1) is 11.8. The van der Waals surface area contributed by atoms with Crippen molar-refractivity contribution in [2.75, 3.05) is 13.1 Å². The average Bonchev–Trinajstić information content (AvgIpc) is 3.12. The molecule has 1 aromatic heterocycles. The number of hydrogen-bond donors (Lipinski definition) is 1. The maximum absolute atomic E-state index is 12.3. The molecule has 1 fully saturated rings. The van der Waals surface area contributed by atoms with Crippen molar-refractivity contribution in [3.05, 3.63) is 53.9 Å². The molecule has 2 aromatic rings. The van der Waals surface area contributed by atoms with E-state index < -0.39 is 0 Å². The molecule has 0 bridgehead atoms. The van der Waals surface area contributed by atoms with Gasteiger partial charge in [0.2, 0.25) is 5.91 Å². The molecule has 1 aliphatic rings. The number of likely N-dealkylation sites (tertiary alicyclic amines) is 1. The van der Waals surface area contributed by atoms with E-state index >= 15 is 0 Å². The molecule has 1 aliphatic heterocycles. The Kier molecular flexibility index (Phi) is 5.38. The number of aliphatic hydroxyl groups excluding tert-OH is 1. The van der Waals surface area contributed by atoms with Crippen LogP contribution in [0.3, 0.4) is 0 Å². The fraction of sp³-hybridized carbons (Fsp3) is 0.389. The lowest BCUT2D eigenvalue weighted by Crippen LogP contribution is -2.38. The molecule has 0 saturated carbocycles. The summed E-state index contributed by atoms with van der Waals surface area (Å²) in [5, 5.41) is 17.0. The minimum atomic E-state index is -0.0922. The molecule has 0 spiro atoms. The Hall–Kier alpha value is -2.47. The molecule has 6 nitrogen and oxygen atoms in total. The van der Waals surface area contributed by atoms with E-state index in [4.69, 9.17) is 5.11 Å². The lowest BCUT2D eigenvalue weighted by atomic mass is 10.0. The molecule has 126 valence electrons. The van der Waals surface area contributed by atoms with Gasteiger partial charge in [0.1, 0.15) is 5.69 Å². The van der Waals surface area contributed by atoms with Gasteiger partial charge in [0.05, 0.1) is 18.8 Å². The summed E-state index contributed by atoms with van der Waals surface area (Å²) in [6, 6.07) is 10.2. The van der Waals surface area contributed by atoms with Gasteiger partial charge in [0.15, 0.2) is 0 Å². The molecule has 3 rings (SSSR count). The predicted molar refractivity (Wildman–Crippen MR) is 90.9 cm³/mol. The van der Waals surface area contributed by atoms with Gasteiger partial charge in [0.25, 0.3) is 0 Å². The Labute approximate surface area is 141 Å². The third-order valence-electron chi connectivity index (χ3n) is 4.31. The number of aromatic nitrogens is 3. The lowest BCUT2D eigenvalue weighted by Gasteiger charge is -2.31. The average molecular weight is 326 g/mol. The number of amides is 1. The molecule has 24 heavy (non-hydrogen) atoms. The molecular formula is C18H22N4O2. The third-order valence-corrected chi connectivity index (χ3v) is 4.31. The number of nitrogens with zero attached hydrogens (tertiary/aromatic N) is 4. The highest BCUT2D eigenvalue weighted by Gasteiger charge is 2.23. The fourth-order valence-corrected chi connectivity index (χ4v) is 2.93. The molecule has 0 atom stereocenters. The smallest absolute Gasteiger partial charge is 0.226 e. The van der Waals surface area contributed by atoms with Crippen LogP contribution in [0.5, 0.6) is 0 Å². The Morgan fingerprint density at radius 3 is 2.67 bits per heavy atom. The van der Waals surface area contributed by atoms with Crippen LogP contribution in [0.2, 0.25) is 0 Å². The molecule has 2 heterocycles. The number of rotatable bonds is 5. The first-order valence-electron chi connectivity index (χ1n) is 8.27. The number of benzene rings is 1. The van der Waals surface area contributed by atoms with E-state index in [1.165, 1.54) is 0 Å². The van der Waals surface area contributed by atoms with Crippen molar-refractivity contribution in [3.63, 3.8) is 0 Å². The zero-order valence-corrected chi connectivity index (χ0v) is 13.6. The van der Waals surface area contributed by atoms with Gasteiger partial charge < -0.3 is 10.0 Å². The maximum Gasteiger partial charge on any atom is 0.226 e. The summed E-state index contributed by atoms with van der Waals surface area (Å²) < 4.78 is 1.81. The van der Waals surface area contributed by atoms with E-state index in [0.29, 0.717) is 12.1 Å². The van der Waals surface area contributed by atoms with Gasteiger partial charge in [-0.1, -0.05) is 47.7 Å². The minimum absolute atomic E-state index is 0.0922. The Morgan fingerprint density at radius 1 is 1.25 bits per heavy atom. The topological polar surface area (TPSA) is 71.2 Å². The van der Waals surface area contributed by atoms with Crippen molar-refractivity contribution in [2.45, 2.75) is 31.9 Å². The highest BCUT2D eigenvalue weighted by atomic mass is 16.3. The number of hydrogen-bond acceptors (Lipinski definition) is 4. The molecule has 1 aromatic carbocycles. The van der Waals surface area contributed by atoms with Gasteiger partial charge in [0, 0.05) is 19.5 Å². The van der Waals surface area contributed by atoms with E-state index in [9.17, 15) is 4.79 Å². The van der Waals surface area contributed by atoms with Crippen LogP contribution < -0.4 is 0 Å². The molecule has 0 unspecified atom stereocenters. The van der Waals surface area contributed by atoms with Gasteiger partial charge in [-0.25, -0.2) is 4.68 Å². The van der Waals surface area contributed by atoms with Crippen LogP contribution in [0, 0.1) is 0 Å². The largest absolute Gasteiger partial charge is 0.390 e. The zero-order valence-electron chi connectivity index (χ0n) is 13.6. The Bertz CT molecular complexity index is 688. The summed E-state index contributed by atoms with van der Waals surface area (Å²) >= 11 is 0. The number of piperidine rings is 1. The van der Waals surface area contributed by atoms with Crippen molar-refractivity contribution in [2.24, 2.45) is 0 Å². The van der Waals surface area contributed by atoms with Crippen LogP contribution in [0.1, 0.15) is 36.6 Å². The van der Waals surface area contributed by atoms with E-state index in [0.717, 1.165) is 31.5 Å². The van der Waals surface area contributed by atoms with Crippen LogP contribution in [0.25, 0.3) is 6.08 Å². The minimum Gasteiger partial charge on any atom is -0.390 e. The second-order valence-electron chi connectivity index (χ2n) is 5.98. The predicted octanol–water partition coefficient (Wildman–Crippen LogP) is 2.04. The third kappa shape index (κ3) is 4.08. The van der Waals surface area contributed by atoms with E-state index in [1.807, 2.05) is 52.1 Å². The summed E-state index contributed by atoms with van der Waals surface area (Å²) in [4.78, 5) is 14.2. The van der Waals surface area contributed by atoms with Crippen LogP contribution in [0.15, 0.2) is 42.6 Å². The van der Waals surface area contributed by atoms with Gasteiger partial charge in [-0.05, 0) is 18.4 Å². The first kappa shape index (κ1) is 16.4. The van der Waals surface area contributed by atoms with Crippen LogP contribution in [-0.2, 0) is 11.4 Å². The molecular weight excluding hydrogens is 304 g/mol. The van der Waals surface area contributed by atoms with Gasteiger partial charge in [-0.15, -0.1) is 5.10 Å². The molecule has 1 amide bonds. The monoisotopic (exact) mass is 326 g/mol. The highest BCUT2D eigenvalue weighted by Crippen LogP contribution is 2.22. The summed E-state index contributed by atoms with van der Waals surface area (Å²) in [5.41, 5.74) is 1.69. The summed E-state index contributed by atoms with van der Waals surface area (Å²) in [6.07, 6.45) is 7.85. The van der Waals surface area contributed by atoms with E-state index in [2.05, 4.69) is 10.3 Å². The van der Waals surface area contributed by atoms with Crippen LogP contribution >= 0.6 is 0 Å². The molecule has 0 aliphatic carbocycles. The number of carbonyl (C=O) groups excluding carboxylic acids is 1. The number of carbonyl (C=O) groups is 1. The van der Waals surface area contributed by atoms with Crippen molar-refractivity contribution in [1.82, 2.24) is 19.9 Å². The second-order valence-corrected chi connectivity index (χ2v) is 5.98. The zero-order chi connectivity index (χ0) is 16.8. The van der Waals surface area contributed by atoms with Crippen LogP contribution in [-0.4, -0.2) is 44.0 Å². The quantitative estimate of drug-likeness (QED) is 0.913. The summed E-state index contributed by atoms with van der Waals surface area (Å²) in [5.74, 6) is 0.162.